The molecule has 4 nitrogen and oxygen atoms in total. The van der Waals surface area contributed by atoms with Gasteiger partial charge >= 0.3 is 0 Å². The smallest absolute Gasteiger partial charge is 0.0858 e. The third kappa shape index (κ3) is 2.58. The van der Waals surface area contributed by atoms with E-state index in [1.165, 1.54) is 0 Å². The van der Waals surface area contributed by atoms with Crippen LogP contribution in [-0.2, 0) is 17.7 Å². The van der Waals surface area contributed by atoms with E-state index in [1.54, 1.807) is 0 Å². The van der Waals surface area contributed by atoms with Crippen LogP contribution in [0.15, 0.2) is 24.3 Å². The summed E-state index contributed by atoms with van der Waals surface area (Å²) >= 11 is 0. The molecule has 0 amide bonds. The molecule has 1 N–H and O–H groups in total. The van der Waals surface area contributed by atoms with E-state index in [9.17, 15) is 5.11 Å². The highest BCUT2D eigenvalue weighted by Gasteiger charge is 2.24. The maximum Gasteiger partial charge on any atom is 0.0858 e. The van der Waals surface area contributed by atoms with Crippen LogP contribution in [-0.4, -0.2) is 33.7 Å². The number of rotatable bonds is 4. The Bertz CT molecular complexity index is 573. The molecule has 3 rings (SSSR count). The third-order valence-corrected chi connectivity index (χ3v) is 4.08. The fourth-order valence-corrected chi connectivity index (χ4v) is 2.99. The Hall–Kier alpha value is -1.39. The number of aromatic nitrogens is 2. The van der Waals surface area contributed by atoms with Gasteiger partial charge in [0.25, 0.3) is 0 Å². The SMILES string of the molecule is CCn1nc(CC(O)C2CCCCO2)c2ccccc21. The Balaban J connectivity index is 1.83. The molecule has 2 aromatic rings. The van der Waals surface area contributed by atoms with E-state index in [-0.39, 0.29) is 6.10 Å². The molecule has 1 aromatic heterocycles. The van der Waals surface area contributed by atoms with Crippen molar-refractivity contribution < 1.29 is 9.84 Å². The summed E-state index contributed by atoms with van der Waals surface area (Å²) in [6, 6.07) is 8.22. The van der Waals surface area contributed by atoms with E-state index in [4.69, 9.17) is 4.74 Å². The molecule has 0 saturated carbocycles. The van der Waals surface area contributed by atoms with Gasteiger partial charge in [-0.1, -0.05) is 18.2 Å². The third-order valence-electron chi connectivity index (χ3n) is 4.08. The van der Waals surface area contributed by atoms with Crippen molar-refractivity contribution in [3.05, 3.63) is 30.0 Å². The van der Waals surface area contributed by atoms with Crippen LogP contribution in [0.2, 0.25) is 0 Å². The van der Waals surface area contributed by atoms with Crippen LogP contribution in [0, 0.1) is 0 Å². The van der Waals surface area contributed by atoms with Crippen molar-refractivity contribution in [3.63, 3.8) is 0 Å². The van der Waals surface area contributed by atoms with Crippen molar-refractivity contribution >= 4 is 10.9 Å². The Morgan fingerprint density at radius 1 is 1.40 bits per heavy atom. The van der Waals surface area contributed by atoms with Crippen LogP contribution < -0.4 is 0 Å². The molecular formula is C16H22N2O2. The standard InChI is InChI=1S/C16H22N2O2/c1-2-18-14-8-4-3-7-12(14)13(17-18)11-15(19)16-9-5-6-10-20-16/h3-4,7-8,15-16,19H,2,5-6,9-11H2,1H3. The van der Waals surface area contributed by atoms with Crippen molar-refractivity contribution in [1.29, 1.82) is 0 Å². The number of fused-ring (bicyclic) bond motifs is 1. The molecular weight excluding hydrogens is 252 g/mol. The number of aryl methyl sites for hydroxylation is 1. The second-order valence-electron chi connectivity index (χ2n) is 5.46. The summed E-state index contributed by atoms with van der Waals surface area (Å²) in [6.45, 7) is 3.70. The zero-order chi connectivity index (χ0) is 13.9. The predicted molar refractivity (Wildman–Crippen MR) is 78.7 cm³/mol. The highest BCUT2D eigenvalue weighted by Crippen LogP contribution is 2.23. The Morgan fingerprint density at radius 2 is 2.25 bits per heavy atom. The van der Waals surface area contributed by atoms with E-state index in [0.717, 1.165) is 49.0 Å². The Labute approximate surface area is 119 Å². The molecule has 0 bridgehead atoms. The van der Waals surface area contributed by atoms with Crippen molar-refractivity contribution in [2.24, 2.45) is 0 Å². The van der Waals surface area contributed by atoms with Gasteiger partial charge in [-0.05, 0) is 32.3 Å². The molecule has 108 valence electrons. The number of ether oxygens (including phenoxy) is 1. The Kier molecular flexibility index (Phi) is 4.03. The van der Waals surface area contributed by atoms with Crippen molar-refractivity contribution in [3.8, 4) is 0 Å². The van der Waals surface area contributed by atoms with E-state index in [2.05, 4.69) is 24.2 Å². The highest BCUT2D eigenvalue weighted by molar-refractivity contribution is 5.82. The van der Waals surface area contributed by atoms with Gasteiger partial charge in [-0.25, -0.2) is 0 Å². The number of nitrogens with zero attached hydrogens (tertiary/aromatic N) is 2. The van der Waals surface area contributed by atoms with Gasteiger partial charge in [-0.2, -0.15) is 5.10 Å². The first-order chi connectivity index (χ1) is 9.79. The second kappa shape index (κ2) is 5.94. The van der Waals surface area contributed by atoms with Crippen LogP contribution in [0.1, 0.15) is 31.9 Å². The summed E-state index contributed by atoms with van der Waals surface area (Å²) in [5, 5.41) is 16.2. The summed E-state index contributed by atoms with van der Waals surface area (Å²) in [7, 11) is 0. The predicted octanol–water partition coefficient (Wildman–Crippen LogP) is 2.53. The van der Waals surface area contributed by atoms with Gasteiger partial charge in [0.1, 0.15) is 0 Å². The zero-order valence-corrected chi connectivity index (χ0v) is 12.0. The molecule has 0 aliphatic carbocycles. The first-order valence-electron chi connectivity index (χ1n) is 7.53. The maximum absolute atomic E-state index is 10.4. The van der Waals surface area contributed by atoms with Gasteiger partial charge < -0.3 is 9.84 Å². The number of benzene rings is 1. The summed E-state index contributed by atoms with van der Waals surface area (Å²) < 4.78 is 7.67. The lowest BCUT2D eigenvalue weighted by Crippen LogP contribution is -2.33. The average molecular weight is 274 g/mol. The summed E-state index contributed by atoms with van der Waals surface area (Å²) in [5.41, 5.74) is 2.12. The van der Waals surface area contributed by atoms with Crippen LogP contribution in [0.3, 0.4) is 0 Å². The molecule has 1 aliphatic rings. The number of aliphatic hydroxyl groups is 1. The normalized spacial score (nSPS) is 21.2. The molecule has 2 heterocycles. The molecule has 4 heteroatoms. The number of aliphatic hydroxyl groups excluding tert-OH is 1. The summed E-state index contributed by atoms with van der Waals surface area (Å²) in [4.78, 5) is 0. The minimum Gasteiger partial charge on any atom is -0.390 e. The minimum absolute atomic E-state index is 0.0331. The fourth-order valence-electron chi connectivity index (χ4n) is 2.99. The van der Waals surface area contributed by atoms with E-state index in [0.29, 0.717) is 6.42 Å². The van der Waals surface area contributed by atoms with E-state index < -0.39 is 6.10 Å². The van der Waals surface area contributed by atoms with E-state index in [1.807, 2.05) is 16.8 Å². The van der Waals surface area contributed by atoms with Crippen molar-refractivity contribution in [2.45, 2.75) is 51.4 Å². The van der Waals surface area contributed by atoms with Gasteiger partial charge in [0, 0.05) is 25.0 Å². The minimum atomic E-state index is -0.459. The molecule has 0 radical (unpaired) electrons. The largest absolute Gasteiger partial charge is 0.390 e. The number of hydrogen-bond acceptors (Lipinski definition) is 3. The molecule has 2 unspecified atom stereocenters. The zero-order valence-electron chi connectivity index (χ0n) is 12.0. The quantitative estimate of drug-likeness (QED) is 0.932. The average Bonchev–Trinajstić information content (AvgIpc) is 2.86. The van der Waals surface area contributed by atoms with Gasteiger partial charge in [0.05, 0.1) is 23.4 Å². The first kappa shape index (κ1) is 13.6. The number of hydrogen-bond donors (Lipinski definition) is 1. The lowest BCUT2D eigenvalue weighted by molar-refractivity contribution is -0.0613. The molecule has 20 heavy (non-hydrogen) atoms. The summed E-state index contributed by atoms with van der Waals surface area (Å²) in [5.74, 6) is 0. The van der Waals surface area contributed by atoms with Crippen LogP contribution in [0.25, 0.3) is 10.9 Å². The van der Waals surface area contributed by atoms with Gasteiger partial charge in [0.15, 0.2) is 0 Å². The van der Waals surface area contributed by atoms with Crippen LogP contribution >= 0.6 is 0 Å². The lowest BCUT2D eigenvalue weighted by Gasteiger charge is -2.26. The Morgan fingerprint density at radius 3 is 3.00 bits per heavy atom. The van der Waals surface area contributed by atoms with Gasteiger partial charge in [0.2, 0.25) is 0 Å². The maximum atomic E-state index is 10.4. The second-order valence-corrected chi connectivity index (χ2v) is 5.46. The molecule has 1 saturated heterocycles. The van der Waals surface area contributed by atoms with Crippen molar-refractivity contribution in [2.75, 3.05) is 6.61 Å². The highest BCUT2D eigenvalue weighted by atomic mass is 16.5. The van der Waals surface area contributed by atoms with Crippen LogP contribution in [0.5, 0.6) is 0 Å². The lowest BCUT2D eigenvalue weighted by atomic mass is 9.99. The molecule has 1 fully saturated rings. The number of para-hydroxylation sites is 1. The monoisotopic (exact) mass is 274 g/mol. The molecule has 1 aliphatic heterocycles. The van der Waals surface area contributed by atoms with Crippen LogP contribution in [0.4, 0.5) is 0 Å². The molecule has 2 atom stereocenters. The summed E-state index contributed by atoms with van der Waals surface area (Å²) in [6.07, 6.45) is 3.28. The first-order valence-corrected chi connectivity index (χ1v) is 7.53. The molecule has 1 aromatic carbocycles. The van der Waals surface area contributed by atoms with Crippen molar-refractivity contribution in [1.82, 2.24) is 9.78 Å². The topological polar surface area (TPSA) is 47.3 Å². The van der Waals surface area contributed by atoms with Gasteiger partial charge in [-0.3, -0.25) is 4.68 Å². The molecule has 0 spiro atoms. The van der Waals surface area contributed by atoms with E-state index >= 15 is 0 Å². The van der Waals surface area contributed by atoms with Gasteiger partial charge in [-0.15, -0.1) is 0 Å². The fraction of sp³-hybridized carbons (Fsp3) is 0.562.